The van der Waals surface area contributed by atoms with Crippen LogP contribution in [0.2, 0.25) is 0 Å². The molecule has 1 aromatic carbocycles. The number of anilines is 1. The van der Waals surface area contributed by atoms with E-state index < -0.39 is 0 Å². The lowest BCUT2D eigenvalue weighted by molar-refractivity contribution is 0.659. The van der Waals surface area contributed by atoms with Gasteiger partial charge in [-0.2, -0.15) is 0 Å². The van der Waals surface area contributed by atoms with Gasteiger partial charge in [-0.15, -0.1) is 0 Å². The number of hydrogen-bond donors (Lipinski definition) is 0. The van der Waals surface area contributed by atoms with E-state index >= 15 is 0 Å². The van der Waals surface area contributed by atoms with Crippen LogP contribution in [0.5, 0.6) is 0 Å². The van der Waals surface area contributed by atoms with Crippen molar-refractivity contribution in [1.29, 1.82) is 0 Å². The maximum atomic E-state index is 4.94. The fourth-order valence-electron chi connectivity index (χ4n) is 3.44. The summed E-state index contributed by atoms with van der Waals surface area (Å²) in [5.41, 5.74) is 5.77. The van der Waals surface area contributed by atoms with Gasteiger partial charge in [-0.05, 0) is 54.9 Å². The first-order valence-corrected chi connectivity index (χ1v) is 7.71. The molecule has 0 radical (unpaired) electrons. The summed E-state index contributed by atoms with van der Waals surface area (Å²) in [6.45, 7) is 2.09. The van der Waals surface area contributed by atoms with Crippen molar-refractivity contribution in [2.24, 2.45) is 0 Å². The highest BCUT2D eigenvalue weighted by Gasteiger charge is 2.18. The molecule has 2 aliphatic rings. The third-order valence-corrected chi connectivity index (χ3v) is 4.62. The van der Waals surface area contributed by atoms with E-state index in [4.69, 9.17) is 4.98 Å². The minimum atomic E-state index is 1.00. The molecule has 1 aliphatic carbocycles. The molecule has 2 heterocycles. The Morgan fingerprint density at radius 3 is 2.60 bits per heavy atom. The first kappa shape index (κ1) is 12.0. The van der Waals surface area contributed by atoms with Crippen molar-refractivity contribution in [3.05, 3.63) is 58.8 Å². The molecule has 2 nitrogen and oxygen atoms in total. The predicted molar refractivity (Wildman–Crippen MR) is 82.1 cm³/mol. The Morgan fingerprint density at radius 2 is 1.65 bits per heavy atom. The molecule has 102 valence electrons. The Kier molecular flexibility index (Phi) is 2.95. The van der Waals surface area contributed by atoms with Gasteiger partial charge in [0.25, 0.3) is 0 Å². The molecule has 0 fully saturated rings. The van der Waals surface area contributed by atoms with E-state index in [2.05, 4.69) is 41.3 Å². The summed E-state index contributed by atoms with van der Waals surface area (Å²) in [5, 5.41) is 0. The third kappa shape index (κ3) is 2.09. The van der Waals surface area contributed by atoms with Crippen LogP contribution in [0.15, 0.2) is 36.4 Å². The molecule has 0 unspecified atom stereocenters. The van der Waals surface area contributed by atoms with Crippen molar-refractivity contribution in [2.45, 2.75) is 38.6 Å². The number of aromatic nitrogens is 1. The van der Waals surface area contributed by atoms with Crippen LogP contribution < -0.4 is 4.90 Å². The van der Waals surface area contributed by atoms with Crippen LogP contribution in [0.1, 0.15) is 35.2 Å². The number of pyridine rings is 1. The molecule has 0 atom stereocenters. The summed E-state index contributed by atoms with van der Waals surface area (Å²) in [6.07, 6.45) is 6.13. The standard InChI is InChI=1S/C18H20N2/c1-2-7-16-13-20(12-11-14(16)5-1)18-10-9-15-6-3-4-8-17(15)19-18/h1-2,5,7,9-10H,3-4,6,8,11-13H2. The van der Waals surface area contributed by atoms with Crippen LogP contribution >= 0.6 is 0 Å². The van der Waals surface area contributed by atoms with E-state index in [1.165, 1.54) is 47.5 Å². The predicted octanol–water partition coefficient (Wildman–Crippen LogP) is 3.52. The van der Waals surface area contributed by atoms with Gasteiger partial charge in [0, 0.05) is 18.8 Å². The van der Waals surface area contributed by atoms with Crippen LogP contribution in [-0.2, 0) is 25.8 Å². The molecule has 20 heavy (non-hydrogen) atoms. The Morgan fingerprint density at radius 1 is 0.800 bits per heavy atom. The van der Waals surface area contributed by atoms with Crippen molar-refractivity contribution in [2.75, 3.05) is 11.4 Å². The molecular weight excluding hydrogens is 244 g/mol. The molecule has 1 aliphatic heterocycles. The van der Waals surface area contributed by atoms with Crippen molar-refractivity contribution >= 4 is 5.82 Å². The molecule has 2 aromatic rings. The maximum Gasteiger partial charge on any atom is 0.129 e. The van der Waals surface area contributed by atoms with E-state index in [0.717, 1.165) is 25.9 Å². The van der Waals surface area contributed by atoms with Gasteiger partial charge in [0.15, 0.2) is 0 Å². The monoisotopic (exact) mass is 264 g/mol. The van der Waals surface area contributed by atoms with Gasteiger partial charge in [0.1, 0.15) is 5.82 Å². The second-order valence-electron chi connectivity index (χ2n) is 5.92. The van der Waals surface area contributed by atoms with Gasteiger partial charge >= 0.3 is 0 Å². The largest absolute Gasteiger partial charge is 0.352 e. The van der Waals surface area contributed by atoms with Crippen LogP contribution in [0, 0.1) is 0 Å². The molecular formula is C18H20N2. The average molecular weight is 264 g/mol. The highest BCUT2D eigenvalue weighted by molar-refractivity contribution is 5.46. The highest BCUT2D eigenvalue weighted by Crippen LogP contribution is 2.26. The molecule has 0 amide bonds. The molecule has 1 aromatic heterocycles. The second kappa shape index (κ2) is 4.93. The molecule has 2 heteroatoms. The highest BCUT2D eigenvalue weighted by atomic mass is 15.2. The van der Waals surface area contributed by atoms with E-state index in [-0.39, 0.29) is 0 Å². The maximum absolute atomic E-state index is 4.94. The fourth-order valence-corrected chi connectivity index (χ4v) is 3.44. The summed E-state index contributed by atoms with van der Waals surface area (Å²) in [6, 6.07) is 13.3. The summed E-state index contributed by atoms with van der Waals surface area (Å²) >= 11 is 0. The summed E-state index contributed by atoms with van der Waals surface area (Å²) in [4.78, 5) is 7.36. The zero-order chi connectivity index (χ0) is 13.4. The topological polar surface area (TPSA) is 16.1 Å². The quantitative estimate of drug-likeness (QED) is 0.783. The number of benzene rings is 1. The van der Waals surface area contributed by atoms with Gasteiger partial charge < -0.3 is 4.90 Å². The first-order chi connectivity index (χ1) is 9.90. The third-order valence-electron chi connectivity index (χ3n) is 4.62. The summed E-state index contributed by atoms with van der Waals surface area (Å²) in [5.74, 6) is 1.17. The number of aryl methyl sites for hydroxylation is 2. The Hall–Kier alpha value is -1.83. The van der Waals surface area contributed by atoms with Crippen LogP contribution in [0.25, 0.3) is 0 Å². The van der Waals surface area contributed by atoms with E-state index in [1.54, 1.807) is 0 Å². The Labute approximate surface area is 120 Å². The zero-order valence-corrected chi connectivity index (χ0v) is 11.8. The van der Waals surface area contributed by atoms with E-state index in [9.17, 15) is 0 Å². The van der Waals surface area contributed by atoms with Crippen LogP contribution in [0.4, 0.5) is 5.82 Å². The number of nitrogens with zero attached hydrogens (tertiary/aromatic N) is 2. The molecule has 0 spiro atoms. The summed E-state index contributed by atoms with van der Waals surface area (Å²) < 4.78 is 0. The minimum absolute atomic E-state index is 1.00. The number of rotatable bonds is 1. The average Bonchev–Trinajstić information content (AvgIpc) is 2.54. The lowest BCUT2D eigenvalue weighted by Crippen LogP contribution is -2.31. The smallest absolute Gasteiger partial charge is 0.129 e. The van der Waals surface area contributed by atoms with E-state index in [1.807, 2.05) is 0 Å². The minimum Gasteiger partial charge on any atom is -0.352 e. The summed E-state index contributed by atoms with van der Waals surface area (Å²) in [7, 11) is 0. The van der Waals surface area contributed by atoms with Crippen molar-refractivity contribution in [3.8, 4) is 0 Å². The van der Waals surface area contributed by atoms with Gasteiger partial charge in [-0.25, -0.2) is 4.98 Å². The second-order valence-corrected chi connectivity index (χ2v) is 5.92. The number of hydrogen-bond acceptors (Lipinski definition) is 2. The van der Waals surface area contributed by atoms with Gasteiger partial charge in [0.05, 0.1) is 0 Å². The Balaban J connectivity index is 1.63. The lowest BCUT2D eigenvalue weighted by atomic mass is 9.96. The molecule has 0 bridgehead atoms. The molecule has 0 N–H and O–H groups in total. The van der Waals surface area contributed by atoms with Gasteiger partial charge in [-0.3, -0.25) is 0 Å². The molecule has 0 saturated carbocycles. The van der Waals surface area contributed by atoms with Crippen molar-refractivity contribution in [1.82, 2.24) is 4.98 Å². The Bertz CT molecular complexity index is 633. The SMILES string of the molecule is c1ccc2c(c1)CCN(c1ccc3c(n1)CCCC3)C2. The van der Waals surface area contributed by atoms with E-state index in [0.29, 0.717) is 0 Å². The molecule has 0 saturated heterocycles. The normalized spacial score (nSPS) is 17.5. The van der Waals surface area contributed by atoms with Gasteiger partial charge in [-0.1, -0.05) is 30.3 Å². The van der Waals surface area contributed by atoms with Gasteiger partial charge in [0.2, 0.25) is 0 Å². The lowest BCUT2D eigenvalue weighted by Gasteiger charge is -2.30. The van der Waals surface area contributed by atoms with Crippen LogP contribution in [0.3, 0.4) is 0 Å². The number of fused-ring (bicyclic) bond motifs is 2. The molecule has 4 rings (SSSR count). The van der Waals surface area contributed by atoms with Crippen LogP contribution in [-0.4, -0.2) is 11.5 Å². The van der Waals surface area contributed by atoms with Crippen molar-refractivity contribution < 1.29 is 0 Å². The first-order valence-electron chi connectivity index (χ1n) is 7.71. The fraction of sp³-hybridized carbons (Fsp3) is 0.389. The van der Waals surface area contributed by atoms with Crippen molar-refractivity contribution in [3.63, 3.8) is 0 Å². The zero-order valence-electron chi connectivity index (χ0n) is 11.8.